The van der Waals surface area contributed by atoms with Gasteiger partial charge in [0.25, 0.3) is 0 Å². The summed E-state index contributed by atoms with van der Waals surface area (Å²) in [7, 11) is 1.47. The van der Waals surface area contributed by atoms with Gasteiger partial charge >= 0.3 is 5.56 Å². The Morgan fingerprint density at radius 2 is 2.04 bits per heavy atom. The maximum absolute atomic E-state index is 12.2. The predicted octanol–water partition coefficient (Wildman–Crippen LogP) is 2.98. The van der Waals surface area contributed by atoms with Crippen LogP contribution >= 0.6 is 0 Å². The fourth-order valence-electron chi connectivity index (χ4n) is 3.07. The van der Waals surface area contributed by atoms with Crippen molar-refractivity contribution in [3.8, 4) is 11.5 Å². The smallest absolute Gasteiger partial charge is 0.316 e. The van der Waals surface area contributed by atoms with E-state index in [1.807, 2.05) is 53.1 Å². The minimum Gasteiger partial charge on any atom is -0.493 e. The standard InChI is InChI=1S/C20H19N3O3/c1-25-18-13-23(12-14-6-3-2-4-7-14)20(22-19(18)24)21-16-8-5-9-17-15(16)10-11-26-17/h2-9,13H,10-12H2,1H3,(H,21,22,24). The van der Waals surface area contributed by atoms with E-state index < -0.39 is 5.56 Å². The van der Waals surface area contributed by atoms with Gasteiger partial charge in [-0.3, -0.25) is 4.79 Å². The van der Waals surface area contributed by atoms with Crippen LogP contribution in [-0.2, 0) is 13.0 Å². The van der Waals surface area contributed by atoms with Gasteiger partial charge in [0.1, 0.15) is 5.75 Å². The second kappa shape index (κ2) is 6.92. The molecule has 1 aliphatic heterocycles. The van der Waals surface area contributed by atoms with Crippen LogP contribution in [0.2, 0.25) is 0 Å². The van der Waals surface area contributed by atoms with E-state index in [9.17, 15) is 4.79 Å². The normalized spacial score (nSPS) is 12.3. The van der Waals surface area contributed by atoms with Crippen molar-refractivity contribution in [2.75, 3.05) is 19.0 Å². The van der Waals surface area contributed by atoms with Crippen LogP contribution in [0.3, 0.4) is 0 Å². The molecule has 0 amide bonds. The van der Waals surface area contributed by atoms with Crippen LogP contribution in [0.4, 0.5) is 11.6 Å². The zero-order valence-corrected chi connectivity index (χ0v) is 14.4. The van der Waals surface area contributed by atoms with Gasteiger partial charge in [-0.15, -0.1) is 0 Å². The SMILES string of the molecule is COc1cn(Cc2ccccc2)c(Nc2cccc3c2CCO3)nc1=O. The van der Waals surface area contributed by atoms with Crippen LogP contribution in [0.1, 0.15) is 11.1 Å². The highest BCUT2D eigenvalue weighted by Gasteiger charge is 2.17. The van der Waals surface area contributed by atoms with Gasteiger partial charge in [0.15, 0.2) is 0 Å². The van der Waals surface area contributed by atoms with Crippen molar-refractivity contribution in [2.24, 2.45) is 0 Å². The lowest BCUT2D eigenvalue weighted by molar-refractivity contribution is 0.357. The van der Waals surface area contributed by atoms with Crippen molar-refractivity contribution in [2.45, 2.75) is 13.0 Å². The summed E-state index contributed by atoms with van der Waals surface area (Å²) in [4.78, 5) is 16.4. The molecule has 1 aliphatic rings. The summed E-state index contributed by atoms with van der Waals surface area (Å²) < 4.78 is 12.7. The number of methoxy groups -OCH3 is 1. The van der Waals surface area contributed by atoms with Gasteiger partial charge in [-0.05, 0) is 17.7 Å². The van der Waals surface area contributed by atoms with E-state index >= 15 is 0 Å². The molecule has 0 spiro atoms. The summed E-state index contributed by atoms with van der Waals surface area (Å²) in [6.07, 6.45) is 2.52. The Balaban J connectivity index is 1.74. The highest BCUT2D eigenvalue weighted by Crippen LogP contribution is 2.33. The number of fused-ring (bicyclic) bond motifs is 1. The Morgan fingerprint density at radius 3 is 2.85 bits per heavy atom. The number of aromatic nitrogens is 2. The first-order valence-electron chi connectivity index (χ1n) is 8.46. The Morgan fingerprint density at radius 1 is 1.19 bits per heavy atom. The average Bonchev–Trinajstić information content (AvgIpc) is 3.14. The number of hydrogen-bond donors (Lipinski definition) is 1. The van der Waals surface area contributed by atoms with E-state index in [1.54, 1.807) is 6.20 Å². The molecule has 1 aromatic heterocycles. The first-order valence-corrected chi connectivity index (χ1v) is 8.46. The van der Waals surface area contributed by atoms with Crippen LogP contribution in [0, 0.1) is 0 Å². The molecule has 26 heavy (non-hydrogen) atoms. The molecule has 1 N–H and O–H groups in total. The summed E-state index contributed by atoms with van der Waals surface area (Å²) in [6.45, 7) is 1.24. The van der Waals surface area contributed by atoms with E-state index in [4.69, 9.17) is 9.47 Å². The monoisotopic (exact) mass is 349 g/mol. The number of ether oxygens (including phenoxy) is 2. The molecule has 4 rings (SSSR count). The van der Waals surface area contributed by atoms with Crippen LogP contribution in [0.15, 0.2) is 59.5 Å². The summed E-state index contributed by atoms with van der Waals surface area (Å²) in [5, 5.41) is 3.30. The molecule has 2 heterocycles. The molecule has 0 unspecified atom stereocenters. The third kappa shape index (κ3) is 3.13. The summed E-state index contributed by atoms with van der Waals surface area (Å²) in [6, 6.07) is 15.8. The third-order valence-corrected chi connectivity index (χ3v) is 4.37. The molecule has 0 atom stereocenters. The first kappa shape index (κ1) is 16.2. The number of nitrogens with zero attached hydrogens (tertiary/aromatic N) is 2. The number of benzene rings is 2. The van der Waals surface area contributed by atoms with E-state index in [0.29, 0.717) is 19.1 Å². The molecule has 6 heteroatoms. The minimum absolute atomic E-state index is 0.216. The highest BCUT2D eigenvalue weighted by molar-refractivity contribution is 5.64. The summed E-state index contributed by atoms with van der Waals surface area (Å²) in [5.74, 6) is 1.56. The molecule has 0 saturated heterocycles. The van der Waals surface area contributed by atoms with Crippen molar-refractivity contribution in [3.63, 3.8) is 0 Å². The maximum Gasteiger partial charge on any atom is 0.316 e. The Kier molecular flexibility index (Phi) is 4.31. The minimum atomic E-state index is -0.400. The molecular formula is C20H19N3O3. The van der Waals surface area contributed by atoms with Gasteiger partial charge in [0, 0.05) is 17.7 Å². The lowest BCUT2D eigenvalue weighted by Crippen LogP contribution is -2.19. The number of anilines is 2. The van der Waals surface area contributed by atoms with E-state index in [0.717, 1.165) is 29.0 Å². The van der Waals surface area contributed by atoms with Crippen LogP contribution in [0.25, 0.3) is 0 Å². The second-order valence-corrected chi connectivity index (χ2v) is 6.06. The maximum atomic E-state index is 12.2. The zero-order chi connectivity index (χ0) is 17.9. The average molecular weight is 349 g/mol. The van der Waals surface area contributed by atoms with Crippen LogP contribution in [-0.4, -0.2) is 23.3 Å². The molecular weight excluding hydrogens is 330 g/mol. The van der Waals surface area contributed by atoms with Gasteiger partial charge in [-0.25, -0.2) is 0 Å². The molecule has 132 valence electrons. The van der Waals surface area contributed by atoms with Gasteiger partial charge in [-0.2, -0.15) is 4.98 Å². The lowest BCUT2D eigenvalue weighted by atomic mass is 10.1. The Hall–Kier alpha value is -3.28. The highest BCUT2D eigenvalue weighted by atomic mass is 16.5. The largest absolute Gasteiger partial charge is 0.493 e. The van der Waals surface area contributed by atoms with Crippen molar-refractivity contribution in [1.82, 2.24) is 9.55 Å². The predicted molar refractivity (Wildman–Crippen MR) is 99.5 cm³/mol. The third-order valence-electron chi connectivity index (χ3n) is 4.37. The first-order chi connectivity index (χ1) is 12.7. The van der Waals surface area contributed by atoms with Crippen molar-refractivity contribution in [1.29, 1.82) is 0 Å². The quantitative estimate of drug-likeness (QED) is 0.767. The summed E-state index contributed by atoms with van der Waals surface area (Å²) in [5.41, 5.74) is 2.70. The van der Waals surface area contributed by atoms with E-state index in [-0.39, 0.29) is 5.75 Å². The van der Waals surface area contributed by atoms with Crippen molar-refractivity contribution in [3.05, 3.63) is 76.2 Å². The molecule has 3 aromatic rings. The Bertz CT molecular complexity index is 983. The van der Waals surface area contributed by atoms with Crippen LogP contribution in [0.5, 0.6) is 11.5 Å². The molecule has 6 nitrogen and oxygen atoms in total. The number of rotatable bonds is 5. The molecule has 0 aliphatic carbocycles. The van der Waals surface area contributed by atoms with E-state index in [2.05, 4.69) is 10.3 Å². The van der Waals surface area contributed by atoms with Gasteiger partial charge in [-0.1, -0.05) is 36.4 Å². The van der Waals surface area contributed by atoms with E-state index in [1.165, 1.54) is 7.11 Å². The molecule has 2 aromatic carbocycles. The van der Waals surface area contributed by atoms with Crippen molar-refractivity contribution >= 4 is 11.6 Å². The molecule has 0 radical (unpaired) electrons. The fraction of sp³-hybridized carbons (Fsp3) is 0.200. The van der Waals surface area contributed by atoms with Crippen molar-refractivity contribution < 1.29 is 9.47 Å². The molecule has 0 fully saturated rings. The van der Waals surface area contributed by atoms with Gasteiger partial charge < -0.3 is 19.4 Å². The number of hydrogen-bond acceptors (Lipinski definition) is 5. The van der Waals surface area contributed by atoms with Gasteiger partial charge in [0.05, 0.1) is 26.5 Å². The van der Waals surface area contributed by atoms with Crippen LogP contribution < -0.4 is 20.3 Å². The second-order valence-electron chi connectivity index (χ2n) is 6.06. The molecule has 0 saturated carbocycles. The zero-order valence-electron chi connectivity index (χ0n) is 14.4. The Labute approximate surface area is 151 Å². The number of nitrogens with one attached hydrogen (secondary N) is 1. The topological polar surface area (TPSA) is 65.4 Å². The van der Waals surface area contributed by atoms with Gasteiger partial charge in [0.2, 0.25) is 11.7 Å². The molecule has 0 bridgehead atoms. The fourth-order valence-corrected chi connectivity index (χ4v) is 3.07. The lowest BCUT2D eigenvalue weighted by Gasteiger charge is -2.16. The summed E-state index contributed by atoms with van der Waals surface area (Å²) >= 11 is 0.